The number of nitrogens with two attached hydrogens (primary N) is 1. The van der Waals surface area contributed by atoms with Gasteiger partial charge < -0.3 is 9.47 Å². The van der Waals surface area contributed by atoms with E-state index in [0.717, 1.165) is 11.1 Å². The molecule has 0 aliphatic heterocycles. The monoisotopic (exact) mass is 307 g/mol. The van der Waals surface area contributed by atoms with Gasteiger partial charge in [0.1, 0.15) is 11.5 Å². The Morgan fingerprint density at radius 1 is 1.24 bits per heavy atom. The second-order valence-corrected chi connectivity index (χ2v) is 4.87. The van der Waals surface area contributed by atoms with E-state index in [9.17, 15) is 0 Å². The van der Waals surface area contributed by atoms with E-state index in [1.165, 1.54) is 0 Å². The van der Waals surface area contributed by atoms with Gasteiger partial charge >= 0.3 is 0 Å². The van der Waals surface area contributed by atoms with E-state index in [-0.39, 0.29) is 6.04 Å². The van der Waals surface area contributed by atoms with Crippen LogP contribution in [0.15, 0.2) is 36.7 Å². The SMILES string of the molecule is COc1cccc(OC)c1C(Cc1ccncc1Cl)NN. The minimum absolute atomic E-state index is 0.198. The van der Waals surface area contributed by atoms with Crippen LogP contribution in [-0.2, 0) is 6.42 Å². The van der Waals surface area contributed by atoms with Crippen LogP contribution in [0.5, 0.6) is 11.5 Å². The molecule has 0 saturated carbocycles. The molecule has 0 radical (unpaired) electrons. The predicted molar refractivity (Wildman–Crippen MR) is 82.6 cm³/mol. The predicted octanol–water partition coefficient (Wildman–Crippen LogP) is 2.50. The lowest BCUT2D eigenvalue weighted by Crippen LogP contribution is -2.30. The van der Waals surface area contributed by atoms with Crippen molar-refractivity contribution < 1.29 is 9.47 Å². The Bertz CT molecular complexity index is 585. The molecule has 1 atom stereocenters. The van der Waals surface area contributed by atoms with Crippen LogP contribution in [-0.4, -0.2) is 19.2 Å². The van der Waals surface area contributed by atoms with Gasteiger partial charge in [0.25, 0.3) is 0 Å². The topological polar surface area (TPSA) is 69.4 Å². The second kappa shape index (κ2) is 7.26. The number of halogens is 1. The van der Waals surface area contributed by atoms with Gasteiger partial charge in [-0.1, -0.05) is 17.7 Å². The van der Waals surface area contributed by atoms with Gasteiger partial charge in [-0.15, -0.1) is 0 Å². The van der Waals surface area contributed by atoms with Crippen molar-refractivity contribution >= 4 is 11.6 Å². The molecule has 5 nitrogen and oxygen atoms in total. The molecule has 1 aromatic carbocycles. The molecule has 1 heterocycles. The van der Waals surface area contributed by atoms with Crippen LogP contribution < -0.4 is 20.7 Å². The number of pyridine rings is 1. The van der Waals surface area contributed by atoms with Gasteiger partial charge in [0, 0.05) is 12.4 Å². The van der Waals surface area contributed by atoms with Gasteiger partial charge in [-0.25, -0.2) is 0 Å². The van der Waals surface area contributed by atoms with Crippen LogP contribution in [0.1, 0.15) is 17.2 Å². The third-order valence-corrected chi connectivity index (χ3v) is 3.64. The van der Waals surface area contributed by atoms with Crippen molar-refractivity contribution in [2.24, 2.45) is 5.84 Å². The number of nitrogens with zero attached hydrogens (tertiary/aromatic N) is 1. The highest BCUT2D eigenvalue weighted by molar-refractivity contribution is 6.31. The van der Waals surface area contributed by atoms with Crippen molar-refractivity contribution in [3.63, 3.8) is 0 Å². The van der Waals surface area contributed by atoms with Crippen molar-refractivity contribution in [3.8, 4) is 11.5 Å². The lowest BCUT2D eigenvalue weighted by atomic mass is 9.98. The smallest absolute Gasteiger partial charge is 0.127 e. The van der Waals surface area contributed by atoms with Crippen molar-refractivity contribution in [1.82, 2.24) is 10.4 Å². The summed E-state index contributed by atoms with van der Waals surface area (Å²) in [6, 6.07) is 7.28. The molecule has 0 bridgehead atoms. The van der Waals surface area contributed by atoms with E-state index in [2.05, 4.69) is 10.4 Å². The Balaban J connectivity index is 2.40. The minimum atomic E-state index is -0.198. The lowest BCUT2D eigenvalue weighted by Gasteiger charge is -2.22. The van der Waals surface area contributed by atoms with E-state index in [0.29, 0.717) is 22.9 Å². The molecule has 0 aliphatic rings. The average Bonchev–Trinajstić information content (AvgIpc) is 2.53. The van der Waals surface area contributed by atoms with Crippen LogP contribution in [0.4, 0.5) is 0 Å². The molecule has 6 heteroatoms. The van der Waals surface area contributed by atoms with Crippen LogP contribution in [0.3, 0.4) is 0 Å². The molecule has 0 spiro atoms. The van der Waals surface area contributed by atoms with Crippen LogP contribution in [0.2, 0.25) is 5.02 Å². The quantitative estimate of drug-likeness (QED) is 0.634. The average molecular weight is 308 g/mol. The summed E-state index contributed by atoms with van der Waals surface area (Å²) in [6.07, 6.45) is 3.91. The maximum absolute atomic E-state index is 6.17. The first-order valence-electron chi connectivity index (χ1n) is 6.46. The number of hydrogen-bond acceptors (Lipinski definition) is 5. The number of hydrazine groups is 1. The van der Waals surface area contributed by atoms with Gasteiger partial charge in [0.05, 0.1) is 30.8 Å². The molecule has 0 fully saturated rings. The number of benzene rings is 1. The Morgan fingerprint density at radius 2 is 1.90 bits per heavy atom. The highest BCUT2D eigenvalue weighted by Crippen LogP contribution is 2.35. The molecule has 2 aromatic rings. The lowest BCUT2D eigenvalue weighted by molar-refractivity contribution is 0.370. The third-order valence-electron chi connectivity index (χ3n) is 3.30. The zero-order chi connectivity index (χ0) is 15.2. The molecule has 0 saturated heterocycles. The summed E-state index contributed by atoms with van der Waals surface area (Å²) < 4.78 is 10.8. The zero-order valence-electron chi connectivity index (χ0n) is 12.0. The highest BCUT2D eigenvalue weighted by atomic mass is 35.5. The first-order chi connectivity index (χ1) is 10.2. The minimum Gasteiger partial charge on any atom is -0.496 e. The van der Waals surface area contributed by atoms with E-state index >= 15 is 0 Å². The molecule has 21 heavy (non-hydrogen) atoms. The maximum Gasteiger partial charge on any atom is 0.127 e. The molecule has 1 unspecified atom stereocenters. The molecule has 112 valence electrons. The molecule has 1 aromatic heterocycles. The van der Waals surface area contributed by atoms with Gasteiger partial charge in [-0.3, -0.25) is 16.3 Å². The summed E-state index contributed by atoms with van der Waals surface area (Å²) in [4.78, 5) is 3.99. The van der Waals surface area contributed by atoms with Crippen LogP contribution in [0, 0.1) is 0 Å². The van der Waals surface area contributed by atoms with Crippen molar-refractivity contribution in [1.29, 1.82) is 0 Å². The Hall–Kier alpha value is -1.82. The molecule has 0 aliphatic carbocycles. The molecular formula is C15H18ClN3O2. The van der Waals surface area contributed by atoms with Crippen molar-refractivity contribution in [3.05, 3.63) is 52.8 Å². The first-order valence-corrected chi connectivity index (χ1v) is 6.84. The normalized spacial score (nSPS) is 12.0. The van der Waals surface area contributed by atoms with Crippen LogP contribution in [0.25, 0.3) is 0 Å². The van der Waals surface area contributed by atoms with Gasteiger partial charge in [0.15, 0.2) is 0 Å². The number of methoxy groups -OCH3 is 2. The number of nitrogens with one attached hydrogen (secondary N) is 1. The van der Waals surface area contributed by atoms with Gasteiger partial charge in [-0.2, -0.15) is 0 Å². The molecule has 3 N–H and O–H groups in total. The molecule has 0 amide bonds. The summed E-state index contributed by atoms with van der Waals surface area (Å²) in [7, 11) is 3.23. The summed E-state index contributed by atoms with van der Waals surface area (Å²) in [6.45, 7) is 0. The maximum atomic E-state index is 6.17. The van der Waals surface area contributed by atoms with Gasteiger partial charge in [-0.05, 0) is 30.2 Å². The van der Waals surface area contributed by atoms with Crippen molar-refractivity contribution in [2.75, 3.05) is 14.2 Å². The van der Waals surface area contributed by atoms with Crippen molar-refractivity contribution in [2.45, 2.75) is 12.5 Å². The highest BCUT2D eigenvalue weighted by Gasteiger charge is 2.21. The Morgan fingerprint density at radius 3 is 2.43 bits per heavy atom. The molecule has 2 rings (SSSR count). The van der Waals surface area contributed by atoms with E-state index < -0.39 is 0 Å². The summed E-state index contributed by atoms with van der Waals surface area (Å²) in [5.41, 5.74) is 4.61. The zero-order valence-corrected chi connectivity index (χ0v) is 12.7. The number of ether oxygens (including phenoxy) is 2. The van der Waals surface area contributed by atoms with E-state index in [1.54, 1.807) is 26.6 Å². The fraction of sp³-hybridized carbons (Fsp3) is 0.267. The first kappa shape index (κ1) is 15.6. The summed E-state index contributed by atoms with van der Waals surface area (Å²) in [5, 5.41) is 0.603. The van der Waals surface area contributed by atoms with E-state index in [4.69, 9.17) is 26.9 Å². The number of hydrogen-bond donors (Lipinski definition) is 2. The Labute approximate surface area is 129 Å². The fourth-order valence-electron chi connectivity index (χ4n) is 2.26. The van der Waals surface area contributed by atoms with E-state index in [1.807, 2.05) is 24.3 Å². The van der Waals surface area contributed by atoms with Crippen LogP contribution >= 0.6 is 11.6 Å². The summed E-state index contributed by atoms with van der Waals surface area (Å²) in [5.74, 6) is 7.15. The molecular weight excluding hydrogens is 290 g/mol. The number of rotatable bonds is 6. The second-order valence-electron chi connectivity index (χ2n) is 4.47. The standard InChI is InChI=1S/C15H18ClN3O2/c1-20-13-4-3-5-14(21-2)15(13)12(19-17)8-10-6-7-18-9-11(10)16/h3-7,9,12,19H,8,17H2,1-2H3. The largest absolute Gasteiger partial charge is 0.496 e. The van der Waals surface area contributed by atoms with Gasteiger partial charge in [0.2, 0.25) is 0 Å². The third kappa shape index (κ3) is 3.44. The number of aromatic nitrogens is 1. The fourth-order valence-corrected chi connectivity index (χ4v) is 2.45. The summed E-state index contributed by atoms with van der Waals surface area (Å²) >= 11 is 6.17. The Kier molecular flexibility index (Phi) is 5.38.